The van der Waals surface area contributed by atoms with Crippen molar-refractivity contribution in [3.05, 3.63) is 53.0 Å². The molecule has 0 bridgehead atoms. The van der Waals surface area contributed by atoms with E-state index in [9.17, 15) is 22.4 Å². The van der Waals surface area contributed by atoms with E-state index in [1.54, 1.807) is 19.9 Å². The molecule has 0 unspecified atom stereocenters. The predicted octanol–water partition coefficient (Wildman–Crippen LogP) is 5.30. The average molecular weight is 588 g/mol. The van der Waals surface area contributed by atoms with Crippen molar-refractivity contribution in [1.29, 1.82) is 0 Å². The molecular formula is C30H38FN3O6S. The molecule has 0 spiro atoms. The Kier molecular flexibility index (Phi) is 9.18. The Balaban J connectivity index is 1.54. The highest BCUT2D eigenvalue weighted by Gasteiger charge is 2.32. The molecule has 0 radical (unpaired) electrons. The fourth-order valence-corrected chi connectivity index (χ4v) is 5.77. The van der Waals surface area contributed by atoms with Crippen LogP contribution in [0.25, 0.3) is 22.4 Å². The number of rotatable bonds is 13. The van der Waals surface area contributed by atoms with Crippen molar-refractivity contribution in [2.24, 2.45) is 11.3 Å². The number of fused-ring (bicyclic) bond motifs is 1. The summed E-state index contributed by atoms with van der Waals surface area (Å²) in [5, 5.41) is 3.10. The number of hydrogen-bond donors (Lipinski definition) is 2. The average Bonchev–Trinajstić information content (AvgIpc) is 3.69. The standard InChI is InChI=1S/C30H38FN3O6S/c1-18(2)16-39-29(36)30(3,4)13-6-14-33-41(37,38)17-24-22(19-7-8-19)15-23-25(27(35)32-5)26(40-28(23)34-24)20-9-11-21(31)12-10-20/h9-12,15,18-19,33H,6-8,13-14,16-17H2,1-5H3,(H,32,35). The minimum absolute atomic E-state index is 0.138. The number of carbonyl (C=O) groups excluding carboxylic acids is 2. The van der Waals surface area contributed by atoms with Gasteiger partial charge in [0, 0.05) is 19.2 Å². The van der Waals surface area contributed by atoms with Gasteiger partial charge >= 0.3 is 5.97 Å². The first-order valence-corrected chi connectivity index (χ1v) is 15.6. The Hall–Kier alpha value is -3.31. The summed E-state index contributed by atoms with van der Waals surface area (Å²) in [4.78, 5) is 29.9. The van der Waals surface area contributed by atoms with Gasteiger partial charge in [0.05, 0.1) is 28.7 Å². The molecule has 2 aromatic heterocycles. The Labute approximate surface area is 240 Å². The second kappa shape index (κ2) is 12.3. The van der Waals surface area contributed by atoms with Crippen molar-refractivity contribution >= 4 is 33.0 Å². The molecule has 1 aliphatic carbocycles. The lowest BCUT2D eigenvalue weighted by Crippen LogP contribution is -2.31. The number of nitrogens with one attached hydrogen (secondary N) is 2. The largest absolute Gasteiger partial charge is 0.465 e. The van der Waals surface area contributed by atoms with Gasteiger partial charge < -0.3 is 14.5 Å². The number of sulfonamides is 1. The molecule has 41 heavy (non-hydrogen) atoms. The lowest BCUT2D eigenvalue weighted by Gasteiger charge is -2.23. The first-order chi connectivity index (χ1) is 19.3. The number of ether oxygens (including phenoxy) is 1. The second-order valence-electron chi connectivity index (χ2n) is 11.7. The number of halogens is 1. The number of carbonyl (C=O) groups is 2. The molecule has 1 aromatic carbocycles. The van der Waals surface area contributed by atoms with Gasteiger partial charge in [-0.15, -0.1) is 0 Å². The van der Waals surface area contributed by atoms with E-state index >= 15 is 0 Å². The molecule has 1 saturated carbocycles. The molecule has 11 heteroatoms. The third-order valence-corrected chi connectivity index (χ3v) is 8.40. The summed E-state index contributed by atoms with van der Waals surface area (Å²) in [5.41, 5.74) is 1.32. The summed E-state index contributed by atoms with van der Waals surface area (Å²) in [6.07, 6.45) is 2.71. The van der Waals surface area contributed by atoms with Crippen molar-refractivity contribution < 1.29 is 31.6 Å². The maximum Gasteiger partial charge on any atom is 0.311 e. The van der Waals surface area contributed by atoms with Crippen LogP contribution < -0.4 is 10.0 Å². The van der Waals surface area contributed by atoms with Gasteiger partial charge in [-0.05, 0) is 87.3 Å². The topological polar surface area (TPSA) is 128 Å². The molecule has 0 aliphatic heterocycles. The summed E-state index contributed by atoms with van der Waals surface area (Å²) in [7, 11) is -2.26. The van der Waals surface area contributed by atoms with Crippen molar-refractivity contribution in [2.45, 2.75) is 65.0 Å². The Morgan fingerprint density at radius 3 is 2.49 bits per heavy atom. The maximum absolute atomic E-state index is 13.5. The van der Waals surface area contributed by atoms with Crippen LogP contribution in [0.5, 0.6) is 0 Å². The van der Waals surface area contributed by atoms with Crippen LogP contribution in [-0.2, 0) is 25.3 Å². The normalized spacial score (nSPS) is 14.0. The van der Waals surface area contributed by atoms with E-state index in [1.165, 1.54) is 31.3 Å². The third kappa shape index (κ3) is 7.51. The van der Waals surface area contributed by atoms with Gasteiger partial charge in [0.2, 0.25) is 15.7 Å². The summed E-state index contributed by atoms with van der Waals surface area (Å²) in [6.45, 7) is 8.03. The number of furan rings is 1. The number of aromatic nitrogens is 1. The van der Waals surface area contributed by atoms with E-state index in [0.29, 0.717) is 36.1 Å². The highest BCUT2D eigenvalue weighted by Crippen LogP contribution is 2.44. The lowest BCUT2D eigenvalue weighted by molar-refractivity contribution is -0.155. The smallest absolute Gasteiger partial charge is 0.311 e. The lowest BCUT2D eigenvalue weighted by atomic mass is 9.88. The zero-order valence-electron chi connectivity index (χ0n) is 24.2. The minimum atomic E-state index is -3.76. The number of pyridine rings is 1. The van der Waals surface area contributed by atoms with Gasteiger partial charge in [0.1, 0.15) is 17.3 Å². The highest BCUT2D eigenvalue weighted by atomic mass is 32.2. The monoisotopic (exact) mass is 587 g/mol. The first kappa shape index (κ1) is 30.6. The van der Waals surface area contributed by atoms with Crippen LogP contribution >= 0.6 is 0 Å². The van der Waals surface area contributed by atoms with Crippen LogP contribution in [0.15, 0.2) is 34.7 Å². The number of hydrogen-bond acceptors (Lipinski definition) is 7. The molecule has 4 rings (SSSR count). The van der Waals surface area contributed by atoms with Crippen LogP contribution in [-0.4, -0.2) is 45.5 Å². The summed E-state index contributed by atoms with van der Waals surface area (Å²) in [5.74, 6) is -0.829. The molecule has 3 aromatic rings. The van der Waals surface area contributed by atoms with E-state index in [-0.39, 0.29) is 53.0 Å². The molecular weight excluding hydrogens is 549 g/mol. The molecule has 0 atom stereocenters. The van der Waals surface area contributed by atoms with Crippen LogP contribution in [0.4, 0.5) is 4.39 Å². The summed E-state index contributed by atoms with van der Waals surface area (Å²) >= 11 is 0. The van der Waals surface area contributed by atoms with Gasteiger partial charge in [0.25, 0.3) is 5.91 Å². The Morgan fingerprint density at radius 2 is 1.88 bits per heavy atom. The third-order valence-electron chi connectivity index (χ3n) is 7.10. The SMILES string of the molecule is CNC(=O)c1c(-c2ccc(F)cc2)oc2nc(CS(=O)(=O)NCCCC(C)(C)C(=O)OCC(C)C)c(C3CC3)cc12. The molecule has 2 heterocycles. The van der Waals surface area contributed by atoms with Gasteiger partial charge in [-0.25, -0.2) is 22.5 Å². The maximum atomic E-state index is 13.5. The van der Waals surface area contributed by atoms with Crippen molar-refractivity contribution in [1.82, 2.24) is 15.0 Å². The van der Waals surface area contributed by atoms with Crippen LogP contribution in [0.3, 0.4) is 0 Å². The number of esters is 1. The minimum Gasteiger partial charge on any atom is -0.465 e. The number of amides is 1. The van der Waals surface area contributed by atoms with Crippen molar-refractivity contribution in [3.63, 3.8) is 0 Å². The van der Waals surface area contributed by atoms with Crippen LogP contribution in [0.2, 0.25) is 0 Å². The van der Waals surface area contributed by atoms with Gasteiger partial charge in [-0.2, -0.15) is 0 Å². The van der Waals surface area contributed by atoms with Crippen molar-refractivity contribution in [2.75, 3.05) is 20.2 Å². The zero-order valence-corrected chi connectivity index (χ0v) is 25.0. The Morgan fingerprint density at radius 1 is 1.20 bits per heavy atom. The molecule has 222 valence electrons. The van der Waals surface area contributed by atoms with Crippen LogP contribution in [0.1, 0.15) is 80.9 Å². The quantitative estimate of drug-likeness (QED) is 0.205. The highest BCUT2D eigenvalue weighted by molar-refractivity contribution is 7.88. The molecule has 1 fully saturated rings. The number of nitrogens with zero attached hydrogens (tertiary/aromatic N) is 1. The molecule has 1 aliphatic rings. The Bertz CT molecular complexity index is 1530. The van der Waals surface area contributed by atoms with E-state index in [1.807, 2.05) is 13.8 Å². The van der Waals surface area contributed by atoms with E-state index < -0.39 is 21.3 Å². The van der Waals surface area contributed by atoms with Crippen LogP contribution in [0, 0.1) is 17.2 Å². The fraction of sp³-hybridized carbons (Fsp3) is 0.500. The summed E-state index contributed by atoms with van der Waals surface area (Å²) in [6, 6.07) is 7.39. The molecule has 2 N–H and O–H groups in total. The zero-order chi connectivity index (χ0) is 29.9. The fourth-order valence-electron chi connectivity index (χ4n) is 4.62. The first-order valence-electron chi connectivity index (χ1n) is 13.9. The molecule has 0 saturated heterocycles. The molecule has 1 amide bonds. The second-order valence-corrected chi connectivity index (χ2v) is 13.5. The molecule has 9 nitrogen and oxygen atoms in total. The van der Waals surface area contributed by atoms with E-state index in [2.05, 4.69) is 15.0 Å². The number of benzene rings is 1. The van der Waals surface area contributed by atoms with Crippen molar-refractivity contribution in [3.8, 4) is 11.3 Å². The van der Waals surface area contributed by atoms with Gasteiger partial charge in [-0.1, -0.05) is 13.8 Å². The predicted molar refractivity (Wildman–Crippen MR) is 154 cm³/mol. The van der Waals surface area contributed by atoms with E-state index in [0.717, 1.165) is 18.4 Å². The van der Waals surface area contributed by atoms with Gasteiger partial charge in [-0.3, -0.25) is 9.59 Å². The van der Waals surface area contributed by atoms with Gasteiger partial charge in [0.15, 0.2) is 0 Å². The van der Waals surface area contributed by atoms with E-state index in [4.69, 9.17) is 9.15 Å². The summed E-state index contributed by atoms with van der Waals surface area (Å²) < 4.78 is 53.7.